The van der Waals surface area contributed by atoms with Gasteiger partial charge in [-0.3, -0.25) is 4.99 Å². The summed E-state index contributed by atoms with van der Waals surface area (Å²) >= 11 is 0. The normalized spacial score (nSPS) is 16.2. The molecule has 1 aromatic rings. The van der Waals surface area contributed by atoms with Gasteiger partial charge in [-0.15, -0.1) is 24.0 Å². The number of hydrogen-bond donors (Lipinski definition) is 2. The number of aliphatic imine (C=N–C) groups is 1. The average molecular weight is 460 g/mol. The molecule has 2 N–H and O–H groups in total. The Morgan fingerprint density at radius 2 is 1.96 bits per heavy atom. The van der Waals surface area contributed by atoms with Crippen molar-refractivity contribution in [3.05, 3.63) is 29.8 Å². The van der Waals surface area contributed by atoms with Crippen molar-refractivity contribution in [3.8, 4) is 5.75 Å². The molecule has 6 heteroatoms. The highest BCUT2D eigenvalue weighted by Crippen LogP contribution is 2.19. The van der Waals surface area contributed by atoms with E-state index >= 15 is 0 Å². The highest BCUT2D eigenvalue weighted by Gasteiger charge is 2.17. The Labute approximate surface area is 169 Å². The molecule has 5 nitrogen and oxygen atoms in total. The molecule has 1 aromatic carbocycles. The predicted molar refractivity (Wildman–Crippen MR) is 116 cm³/mol. The van der Waals surface area contributed by atoms with Gasteiger partial charge in [-0.1, -0.05) is 25.1 Å². The summed E-state index contributed by atoms with van der Waals surface area (Å²) in [5.41, 5.74) is 1.13. The summed E-state index contributed by atoms with van der Waals surface area (Å²) in [6.07, 6.45) is 3.86. The van der Waals surface area contributed by atoms with Crippen molar-refractivity contribution >= 4 is 29.9 Å². The van der Waals surface area contributed by atoms with Crippen LogP contribution in [0.3, 0.4) is 0 Å². The lowest BCUT2D eigenvalue weighted by atomic mass is 9.93. The third kappa shape index (κ3) is 7.40. The third-order valence-electron chi connectivity index (χ3n) is 4.86. The maximum absolute atomic E-state index is 5.39. The van der Waals surface area contributed by atoms with Crippen LogP contribution in [0.1, 0.15) is 31.7 Å². The SMILES string of the molecule is CCN1CCC(CCNC(=NC)NCc2ccccc2OC)CC1.I. The first kappa shape index (κ1) is 22.0. The minimum absolute atomic E-state index is 0. The Morgan fingerprint density at radius 1 is 1.24 bits per heavy atom. The van der Waals surface area contributed by atoms with Crippen molar-refractivity contribution in [2.45, 2.75) is 32.7 Å². The summed E-state index contributed by atoms with van der Waals surface area (Å²) < 4.78 is 5.39. The van der Waals surface area contributed by atoms with Crippen molar-refractivity contribution in [2.75, 3.05) is 40.3 Å². The van der Waals surface area contributed by atoms with E-state index in [-0.39, 0.29) is 24.0 Å². The quantitative estimate of drug-likeness (QED) is 0.373. The molecule has 1 heterocycles. The molecule has 0 saturated carbocycles. The Morgan fingerprint density at radius 3 is 2.60 bits per heavy atom. The maximum Gasteiger partial charge on any atom is 0.191 e. The monoisotopic (exact) mass is 460 g/mol. The van der Waals surface area contributed by atoms with Gasteiger partial charge in [-0.05, 0) is 50.9 Å². The summed E-state index contributed by atoms with van der Waals surface area (Å²) in [5.74, 6) is 2.60. The van der Waals surface area contributed by atoms with E-state index in [1.165, 1.54) is 38.9 Å². The van der Waals surface area contributed by atoms with Gasteiger partial charge >= 0.3 is 0 Å². The van der Waals surface area contributed by atoms with Crippen LogP contribution in [0.15, 0.2) is 29.3 Å². The van der Waals surface area contributed by atoms with Crippen LogP contribution < -0.4 is 15.4 Å². The number of piperidine rings is 1. The van der Waals surface area contributed by atoms with Gasteiger partial charge < -0.3 is 20.3 Å². The first-order chi connectivity index (χ1) is 11.8. The van der Waals surface area contributed by atoms with Crippen LogP contribution >= 0.6 is 24.0 Å². The molecule has 1 aliphatic rings. The first-order valence-corrected chi connectivity index (χ1v) is 9.05. The van der Waals surface area contributed by atoms with Gasteiger partial charge in [0.2, 0.25) is 0 Å². The largest absolute Gasteiger partial charge is 0.496 e. The number of halogens is 1. The van der Waals surface area contributed by atoms with Crippen LogP contribution in [0.5, 0.6) is 5.75 Å². The van der Waals surface area contributed by atoms with Gasteiger partial charge in [-0.2, -0.15) is 0 Å². The van der Waals surface area contributed by atoms with E-state index in [4.69, 9.17) is 4.74 Å². The molecular formula is C19H33IN4O. The standard InChI is InChI=1S/C19H32N4O.HI/c1-4-23-13-10-16(11-14-23)9-12-21-19(20-2)22-15-17-7-5-6-8-18(17)24-3;/h5-8,16H,4,9-15H2,1-3H3,(H2,20,21,22);1H. The Bertz CT molecular complexity index is 516. The number of rotatable bonds is 7. The summed E-state index contributed by atoms with van der Waals surface area (Å²) in [4.78, 5) is 6.85. The molecule has 0 radical (unpaired) electrons. The van der Waals surface area contributed by atoms with Crippen molar-refractivity contribution in [3.63, 3.8) is 0 Å². The molecule has 2 rings (SSSR count). The molecule has 1 fully saturated rings. The zero-order valence-electron chi connectivity index (χ0n) is 15.8. The summed E-state index contributed by atoms with van der Waals surface area (Å²) in [7, 11) is 3.52. The fourth-order valence-corrected chi connectivity index (χ4v) is 3.23. The molecular weight excluding hydrogens is 427 g/mol. The molecule has 142 valence electrons. The Balaban J connectivity index is 0.00000312. The van der Waals surface area contributed by atoms with Crippen LogP contribution in [-0.4, -0.2) is 51.2 Å². The molecule has 0 amide bonds. The summed E-state index contributed by atoms with van der Waals surface area (Å²) in [5, 5.41) is 6.80. The van der Waals surface area contributed by atoms with E-state index in [2.05, 4.69) is 33.5 Å². The first-order valence-electron chi connectivity index (χ1n) is 9.05. The van der Waals surface area contributed by atoms with Crippen LogP contribution in [0.2, 0.25) is 0 Å². The highest BCUT2D eigenvalue weighted by molar-refractivity contribution is 14.0. The maximum atomic E-state index is 5.39. The van der Waals surface area contributed by atoms with E-state index in [1.54, 1.807) is 7.11 Å². The minimum atomic E-state index is 0. The fraction of sp³-hybridized carbons (Fsp3) is 0.632. The highest BCUT2D eigenvalue weighted by atomic mass is 127. The molecule has 25 heavy (non-hydrogen) atoms. The number of guanidine groups is 1. The van der Waals surface area contributed by atoms with Crippen LogP contribution in [-0.2, 0) is 6.54 Å². The number of benzene rings is 1. The number of para-hydroxylation sites is 1. The average Bonchev–Trinajstić information content (AvgIpc) is 2.65. The Hall–Kier alpha value is -1.02. The van der Waals surface area contributed by atoms with Gasteiger partial charge in [0, 0.05) is 25.7 Å². The van der Waals surface area contributed by atoms with Crippen LogP contribution in [0.4, 0.5) is 0 Å². The van der Waals surface area contributed by atoms with Gasteiger partial charge in [-0.25, -0.2) is 0 Å². The number of likely N-dealkylation sites (tertiary alicyclic amines) is 1. The zero-order chi connectivity index (χ0) is 17.2. The fourth-order valence-electron chi connectivity index (χ4n) is 3.23. The lowest BCUT2D eigenvalue weighted by Crippen LogP contribution is -2.39. The van der Waals surface area contributed by atoms with Gasteiger partial charge in [0.15, 0.2) is 5.96 Å². The topological polar surface area (TPSA) is 48.9 Å². The lowest BCUT2D eigenvalue weighted by Gasteiger charge is -2.31. The van der Waals surface area contributed by atoms with E-state index in [1.807, 2.05) is 25.2 Å². The molecule has 0 aromatic heterocycles. The number of ether oxygens (including phenoxy) is 1. The Kier molecular flexibility index (Phi) is 10.9. The van der Waals surface area contributed by atoms with Crippen LogP contribution in [0.25, 0.3) is 0 Å². The van der Waals surface area contributed by atoms with Gasteiger partial charge in [0.05, 0.1) is 7.11 Å². The number of nitrogens with one attached hydrogen (secondary N) is 2. The van der Waals surface area contributed by atoms with E-state index in [0.29, 0.717) is 6.54 Å². The van der Waals surface area contributed by atoms with Gasteiger partial charge in [0.25, 0.3) is 0 Å². The van der Waals surface area contributed by atoms with Crippen molar-refractivity contribution in [2.24, 2.45) is 10.9 Å². The molecule has 0 aliphatic carbocycles. The second kappa shape index (κ2) is 12.4. The number of methoxy groups -OCH3 is 1. The van der Waals surface area contributed by atoms with E-state index in [9.17, 15) is 0 Å². The zero-order valence-corrected chi connectivity index (χ0v) is 18.1. The molecule has 1 saturated heterocycles. The molecule has 0 bridgehead atoms. The van der Waals surface area contributed by atoms with Gasteiger partial charge in [0.1, 0.15) is 5.75 Å². The third-order valence-corrected chi connectivity index (χ3v) is 4.86. The molecule has 0 spiro atoms. The van der Waals surface area contributed by atoms with Crippen molar-refractivity contribution < 1.29 is 4.74 Å². The number of nitrogens with zero attached hydrogens (tertiary/aromatic N) is 2. The molecule has 0 unspecified atom stereocenters. The van der Waals surface area contributed by atoms with Crippen molar-refractivity contribution in [1.29, 1.82) is 0 Å². The molecule has 0 atom stereocenters. The second-order valence-corrected chi connectivity index (χ2v) is 6.33. The number of hydrogen-bond acceptors (Lipinski definition) is 3. The van der Waals surface area contributed by atoms with E-state index < -0.39 is 0 Å². The smallest absolute Gasteiger partial charge is 0.191 e. The van der Waals surface area contributed by atoms with E-state index in [0.717, 1.165) is 29.7 Å². The lowest BCUT2D eigenvalue weighted by molar-refractivity contribution is 0.187. The molecule has 1 aliphatic heterocycles. The summed E-state index contributed by atoms with van der Waals surface area (Å²) in [6.45, 7) is 7.62. The minimum Gasteiger partial charge on any atom is -0.496 e. The van der Waals surface area contributed by atoms with Crippen molar-refractivity contribution in [1.82, 2.24) is 15.5 Å². The second-order valence-electron chi connectivity index (χ2n) is 6.33. The summed E-state index contributed by atoms with van der Waals surface area (Å²) in [6, 6.07) is 8.06. The predicted octanol–water partition coefficient (Wildman–Crippen LogP) is 3.10. The van der Waals surface area contributed by atoms with Crippen LogP contribution in [0, 0.1) is 5.92 Å².